The number of hydrogen-bond donors (Lipinski definition) is 1. The molecule has 1 aliphatic rings. The second-order valence-corrected chi connectivity index (χ2v) is 4.36. The lowest BCUT2D eigenvalue weighted by molar-refractivity contribution is 0.265. The van der Waals surface area contributed by atoms with Crippen LogP contribution in [0.2, 0.25) is 0 Å². The van der Waals surface area contributed by atoms with Gasteiger partial charge in [-0.15, -0.1) is 0 Å². The topological polar surface area (TPSA) is 20.2 Å². The zero-order chi connectivity index (χ0) is 11.0. The number of benzene rings is 2. The van der Waals surface area contributed by atoms with Crippen molar-refractivity contribution in [3.05, 3.63) is 71.8 Å². The lowest BCUT2D eigenvalue weighted by atomic mass is 10.0. The summed E-state index contributed by atoms with van der Waals surface area (Å²) in [6.45, 7) is 0. The molecule has 1 saturated carbocycles. The highest BCUT2D eigenvalue weighted by atomic mass is 16.3. The molecule has 1 fully saturated rings. The van der Waals surface area contributed by atoms with Gasteiger partial charge in [-0.1, -0.05) is 60.7 Å². The van der Waals surface area contributed by atoms with Crippen molar-refractivity contribution in [1.82, 2.24) is 0 Å². The van der Waals surface area contributed by atoms with E-state index in [-0.39, 0.29) is 17.9 Å². The molecule has 16 heavy (non-hydrogen) atoms. The van der Waals surface area contributed by atoms with E-state index in [0.29, 0.717) is 0 Å². The Labute approximate surface area is 95.4 Å². The first-order valence-electron chi connectivity index (χ1n) is 5.66. The number of rotatable bonds is 2. The minimum atomic E-state index is -0.218. The molecule has 1 N–H and O–H groups in total. The predicted octanol–water partition coefficient (Wildman–Crippen LogP) is 2.93. The molecule has 0 amide bonds. The average molecular weight is 210 g/mol. The average Bonchev–Trinajstić information content (AvgIpc) is 3.03. The molecule has 0 bridgehead atoms. The lowest BCUT2D eigenvalue weighted by Gasteiger charge is -1.99. The van der Waals surface area contributed by atoms with Gasteiger partial charge >= 0.3 is 0 Å². The SMILES string of the molecule is OC1C(c2ccccc2)[C@@H]1c1ccccc1. The van der Waals surface area contributed by atoms with Crippen LogP contribution in [-0.2, 0) is 0 Å². The molecule has 1 nitrogen and oxygen atoms in total. The standard InChI is InChI=1S/C15H14O/c16-15-13(11-7-3-1-4-8-11)14(15)12-9-5-2-6-10-12/h1-10,13-16H/t13-,14?,15?/m0/s1. The molecule has 80 valence electrons. The van der Waals surface area contributed by atoms with Gasteiger partial charge < -0.3 is 5.11 Å². The minimum absolute atomic E-state index is 0.218. The monoisotopic (exact) mass is 210 g/mol. The zero-order valence-corrected chi connectivity index (χ0v) is 8.95. The molecule has 0 heterocycles. The quantitative estimate of drug-likeness (QED) is 0.808. The summed E-state index contributed by atoms with van der Waals surface area (Å²) >= 11 is 0. The molecule has 1 heteroatoms. The van der Waals surface area contributed by atoms with E-state index >= 15 is 0 Å². The number of aliphatic hydroxyl groups excluding tert-OH is 1. The van der Waals surface area contributed by atoms with Crippen LogP contribution < -0.4 is 0 Å². The van der Waals surface area contributed by atoms with E-state index in [4.69, 9.17) is 0 Å². The third-order valence-corrected chi connectivity index (χ3v) is 3.35. The van der Waals surface area contributed by atoms with Crippen molar-refractivity contribution >= 4 is 0 Å². The van der Waals surface area contributed by atoms with Crippen molar-refractivity contribution in [3.63, 3.8) is 0 Å². The van der Waals surface area contributed by atoms with Gasteiger partial charge in [-0.3, -0.25) is 0 Å². The van der Waals surface area contributed by atoms with Gasteiger partial charge in [0.1, 0.15) is 0 Å². The van der Waals surface area contributed by atoms with E-state index in [1.807, 2.05) is 36.4 Å². The van der Waals surface area contributed by atoms with Gasteiger partial charge in [0.2, 0.25) is 0 Å². The first-order valence-corrected chi connectivity index (χ1v) is 5.66. The largest absolute Gasteiger partial charge is 0.392 e. The molecule has 2 aromatic rings. The molecular weight excluding hydrogens is 196 g/mol. The highest BCUT2D eigenvalue weighted by Crippen LogP contribution is 2.54. The summed E-state index contributed by atoms with van der Waals surface area (Å²) in [4.78, 5) is 0. The third-order valence-electron chi connectivity index (χ3n) is 3.35. The summed E-state index contributed by atoms with van der Waals surface area (Å²) in [6.07, 6.45) is -0.218. The molecule has 1 aliphatic carbocycles. The Balaban J connectivity index is 1.87. The van der Waals surface area contributed by atoms with Gasteiger partial charge in [-0.2, -0.15) is 0 Å². The van der Waals surface area contributed by atoms with Gasteiger partial charge in [-0.25, -0.2) is 0 Å². The van der Waals surface area contributed by atoms with Crippen molar-refractivity contribution in [3.8, 4) is 0 Å². The van der Waals surface area contributed by atoms with Crippen LogP contribution in [0.4, 0.5) is 0 Å². The maximum atomic E-state index is 9.99. The highest BCUT2D eigenvalue weighted by Gasteiger charge is 2.50. The van der Waals surface area contributed by atoms with Crippen LogP contribution >= 0.6 is 0 Å². The summed E-state index contributed by atoms with van der Waals surface area (Å²) in [5.74, 6) is 0.562. The Kier molecular flexibility index (Phi) is 2.26. The zero-order valence-electron chi connectivity index (χ0n) is 8.95. The normalized spacial score (nSPS) is 27.7. The van der Waals surface area contributed by atoms with Gasteiger partial charge in [-0.05, 0) is 11.1 Å². The summed E-state index contributed by atoms with van der Waals surface area (Å²) in [6, 6.07) is 20.5. The fourth-order valence-corrected chi connectivity index (χ4v) is 2.45. The van der Waals surface area contributed by atoms with Crippen LogP contribution in [0.1, 0.15) is 23.0 Å². The van der Waals surface area contributed by atoms with Crippen molar-refractivity contribution in [2.45, 2.75) is 17.9 Å². The highest BCUT2D eigenvalue weighted by molar-refractivity contribution is 5.39. The van der Waals surface area contributed by atoms with Gasteiger partial charge in [0.15, 0.2) is 0 Å². The Bertz CT molecular complexity index is 418. The molecule has 2 unspecified atom stereocenters. The molecule has 0 spiro atoms. The van der Waals surface area contributed by atoms with Crippen LogP contribution in [0, 0.1) is 0 Å². The van der Waals surface area contributed by atoms with Crippen molar-refractivity contribution in [1.29, 1.82) is 0 Å². The first kappa shape index (κ1) is 9.61. The maximum Gasteiger partial charge on any atom is 0.0690 e. The molecule has 3 rings (SSSR count). The van der Waals surface area contributed by atoms with Crippen LogP contribution in [-0.4, -0.2) is 11.2 Å². The summed E-state index contributed by atoms with van der Waals surface area (Å²) in [7, 11) is 0. The fourth-order valence-electron chi connectivity index (χ4n) is 2.45. The van der Waals surface area contributed by atoms with Crippen LogP contribution in [0.5, 0.6) is 0 Å². The molecule has 0 aliphatic heterocycles. The fraction of sp³-hybridized carbons (Fsp3) is 0.200. The predicted molar refractivity (Wildman–Crippen MR) is 64.4 cm³/mol. The molecule has 3 atom stereocenters. The minimum Gasteiger partial charge on any atom is -0.392 e. The van der Waals surface area contributed by atoms with E-state index in [9.17, 15) is 5.11 Å². The Hall–Kier alpha value is -1.60. The Morgan fingerprint density at radius 2 is 1.00 bits per heavy atom. The maximum absolute atomic E-state index is 9.99. The Morgan fingerprint density at radius 3 is 1.38 bits per heavy atom. The van der Waals surface area contributed by atoms with Gasteiger partial charge in [0.05, 0.1) is 6.10 Å². The van der Waals surface area contributed by atoms with E-state index in [2.05, 4.69) is 24.3 Å². The van der Waals surface area contributed by atoms with Crippen LogP contribution in [0.15, 0.2) is 60.7 Å². The van der Waals surface area contributed by atoms with Crippen molar-refractivity contribution in [2.24, 2.45) is 0 Å². The number of hydrogen-bond acceptors (Lipinski definition) is 1. The lowest BCUT2D eigenvalue weighted by Crippen LogP contribution is -1.84. The van der Waals surface area contributed by atoms with Gasteiger partial charge in [0.25, 0.3) is 0 Å². The summed E-state index contributed by atoms with van der Waals surface area (Å²) in [5.41, 5.74) is 2.48. The van der Waals surface area contributed by atoms with E-state index in [1.165, 1.54) is 11.1 Å². The molecule has 2 aromatic carbocycles. The van der Waals surface area contributed by atoms with Crippen molar-refractivity contribution < 1.29 is 5.11 Å². The van der Waals surface area contributed by atoms with E-state index in [1.54, 1.807) is 0 Å². The third kappa shape index (κ3) is 1.54. The van der Waals surface area contributed by atoms with E-state index in [0.717, 1.165) is 0 Å². The molecular formula is C15H14O. The van der Waals surface area contributed by atoms with Crippen LogP contribution in [0.25, 0.3) is 0 Å². The second-order valence-electron chi connectivity index (χ2n) is 4.36. The van der Waals surface area contributed by atoms with E-state index < -0.39 is 0 Å². The number of aliphatic hydroxyl groups is 1. The first-order chi connectivity index (χ1) is 7.88. The summed E-state index contributed by atoms with van der Waals surface area (Å²) < 4.78 is 0. The van der Waals surface area contributed by atoms with Crippen LogP contribution in [0.3, 0.4) is 0 Å². The van der Waals surface area contributed by atoms with Crippen molar-refractivity contribution in [2.75, 3.05) is 0 Å². The Morgan fingerprint density at radius 1 is 0.625 bits per heavy atom. The summed E-state index contributed by atoms with van der Waals surface area (Å²) in [5, 5.41) is 9.99. The molecule has 0 radical (unpaired) electrons. The smallest absolute Gasteiger partial charge is 0.0690 e. The molecule has 0 saturated heterocycles. The second kappa shape index (κ2) is 3.76. The van der Waals surface area contributed by atoms with Gasteiger partial charge in [0, 0.05) is 11.8 Å². The molecule has 0 aromatic heterocycles.